The normalized spacial score (nSPS) is 14.6. The Morgan fingerprint density at radius 1 is 1.14 bits per heavy atom. The summed E-state index contributed by atoms with van der Waals surface area (Å²) in [5.74, 6) is -0.559. The van der Waals surface area contributed by atoms with Gasteiger partial charge < -0.3 is 0 Å². The smallest absolute Gasteiger partial charge is 0.207 e. The summed E-state index contributed by atoms with van der Waals surface area (Å²) in [6.45, 7) is 1.69. The Morgan fingerprint density at radius 3 is 2.38 bits per heavy atom. The minimum Gasteiger partial charge on any atom is -0.207 e. The van der Waals surface area contributed by atoms with Crippen LogP contribution in [0.4, 0.5) is 4.39 Å². The Hall–Kier alpha value is -1.43. The van der Waals surface area contributed by atoms with Gasteiger partial charge in [-0.15, -0.1) is 11.6 Å². The fourth-order valence-electron chi connectivity index (χ4n) is 1.96. The van der Waals surface area contributed by atoms with Crippen LogP contribution in [0.3, 0.4) is 0 Å². The first-order valence-corrected chi connectivity index (χ1v) is 8.30. The van der Waals surface area contributed by atoms with Gasteiger partial charge in [-0.05, 0) is 30.7 Å². The van der Waals surface area contributed by atoms with Gasteiger partial charge in [0.1, 0.15) is 5.82 Å². The molecule has 0 aliphatic carbocycles. The third kappa shape index (κ3) is 3.61. The summed E-state index contributed by atoms with van der Waals surface area (Å²) in [5, 5.41) is 0. The molecule has 0 fully saturated rings. The molecule has 0 bridgehead atoms. The second kappa shape index (κ2) is 6.13. The van der Waals surface area contributed by atoms with E-state index in [4.69, 9.17) is 11.6 Å². The lowest BCUT2D eigenvalue weighted by Gasteiger charge is -2.28. The number of hydrogen-bond acceptors (Lipinski definition) is 2. The van der Waals surface area contributed by atoms with Crippen LogP contribution in [0.5, 0.6) is 0 Å². The first-order chi connectivity index (χ1) is 9.87. The number of benzene rings is 2. The van der Waals surface area contributed by atoms with Crippen LogP contribution in [-0.2, 0) is 15.6 Å². The zero-order valence-electron chi connectivity index (χ0n) is 11.4. The van der Waals surface area contributed by atoms with E-state index in [-0.39, 0.29) is 10.8 Å². The molecule has 0 amide bonds. The maximum absolute atomic E-state index is 13.2. The molecule has 112 valence electrons. The van der Waals surface area contributed by atoms with Gasteiger partial charge in [0, 0.05) is 5.88 Å². The van der Waals surface area contributed by atoms with Gasteiger partial charge in [-0.3, -0.25) is 0 Å². The van der Waals surface area contributed by atoms with E-state index in [1.54, 1.807) is 31.2 Å². The fraction of sp³-hybridized carbons (Fsp3) is 0.200. The van der Waals surface area contributed by atoms with Crippen molar-refractivity contribution in [3.8, 4) is 0 Å². The first kappa shape index (κ1) is 15.9. The van der Waals surface area contributed by atoms with E-state index in [2.05, 4.69) is 4.72 Å². The molecular weight excluding hydrogens is 313 g/mol. The molecule has 21 heavy (non-hydrogen) atoms. The van der Waals surface area contributed by atoms with Gasteiger partial charge in [-0.25, -0.2) is 12.8 Å². The number of rotatable bonds is 5. The highest BCUT2D eigenvalue weighted by Gasteiger charge is 2.31. The number of halogens is 2. The lowest BCUT2D eigenvalue weighted by molar-refractivity contribution is 0.476. The lowest BCUT2D eigenvalue weighted by atomic mass is 9.96. The summed E-state index contributed by atoms with van der Waals surface area (Å²) in [7, 11) is -3.88. The van der Waals surface area contributed by atoms with Gasteiger partial charge in [0.25, 0.3) is 0 Å². The van der Waals surface area contributed by atoms with Crippen molar-refractivity contribution in [3.05, 3.63) is 66.0 Å². The second-order valence-electron chi connectivity index (χ2n) is 4.89. The average molecular weight is 328 g/mol. The molecule has 0 heterocycles. The predicted octanol–water partition coefficient (Wildman–Crippen LogP) is 3.26. The van der Waals surface area contributed by atoms with Crippen LogP contribution in [0.15, 0.2) is 59.5 Å². The third-order valence-electron chi connectivity index (χ3n) is 3.14. The number of sulfonamides is 1. The quantitative estimate of drug-likeness (QED) is 0.857. The summed E-state index contributed by atoms with van der Waals surface area (Å²) >= 11 is 5.97. The molecule has 0 spiro atoms. The summed E-state index contributed by atoms with van der Waals surface area (Å²) in [6, 6.07) is 13.9. The van der Waals surface area contributed by atoms with Crippen molar-refractivity contribution in [2.24, 2.45) is 0 Å². The van der Waals surface area contributed by atoms with Crippen molar-refractivity contribution in [1.82, 2.24) is 4.72 Å². The van der Waals surface area contributed by atoms with Crippen molar-refractivity contribution < 1.29 is 12.8 Å². The number of nitrogens with one attached hydrogen (secondary N) is 1. The predicted molar refractivity (Wildman–Crippen MR) is 81.2 cm³/mol. The van der Waals surface area contributed by atoms with Crippen molar-refractivity contribution in [3.63, 3.8) is 0 Å². The zero-order chi connectivity index (χ0) is 15.5. The molecule has 2 aromatic carbocycles. The molecule has 1 unspecified atom stereocenters. The van der Waals surface area contributed by atoms with Gasteiger partial charge in [-0.2, -0.15) is 4.72 Å². The molecule has 3 nitrogen and oxygen atoms in total. The first-order valence-electron chi connectivity index (χ1n) is 6.28. The van der Waals surface area contributed by atoms with Crippen molar-refractivity contribution >= 4 is 21.6 Å². The van der Waals surface area contributed by atoms with Gasteiger partial charge in [0.2, 0.25) is 10.0 Å². The Balaban J connectivity index is 2.38. The molecule has 2 rings (SSSR count). The van der Waals surface area contributed by atoms with Crippen molar-refractivity contribution in [2.75, 3.05) is 5.88 Å². The zero-order valence-corrected chi connectivity index (χ0v) is 13.0. The second-order valence-corrected chi connectivity index (χ2v) is 6.84. The largest absolute Gasteiger partial charge is 0.241 e. The molecule has 0 saturated heterocycles. The SMILES string of the molecule is CC(CCl)(NS(=O)(=O)c1cccc(F)c1)c1ccccc1. The summed E-state index contributed by atoms with van der Waals surface area (Å²) in [4.78, 5) is -0.130. The molecule has 0 aliphatic rings. The van der Waals surface area contributed by atoms with E-state index in [0.717, 1.165) is 11.6 Å². The Labute approximate surface area is 128 Å². The fourth-order valence-corrected chi connectivity index (χ4v) is 3.69. The maximum Gasteiger partial charge on any atom is 0.241 e. The topological polar surface area (TPSA) is 46.2 Å². The van der Waals surface area contributed by atoms with Crippen LogP contribution in [0.1, 0.15) is 12.5 Å². The number of hydrogen-bond donors (Lipinski definition) is 1. The van der Waals surface area contributed by atoms with E-state index in [0.29, 0.717) is 0 Å². The molecule has 1 atom stereocenters. The Bertz CT molecular complexity index is 721. The summed E-state index contributed by atoms with van der Waals surface area (Å²) in [5.41, 5.74) is -0.242. The standard InChI is InChI=1S/C15H15ClFNO2S/c1-15(11-16,12-6-3-2-4-7-12)18-21(19,20)14-9-5-8-13(17)10-14/h2-10,18H,11H2,1H3. The molecule has 0 aromatic heterocycles. The van der Waals surface area contributed by atoms with E-state index in [9.17, 15) is 12.8 Å². The molecule has 0 radical (unpaired) electrons. The highest BCUT2D eigenvalue weighted by Crippen LogP contribution is 2.25. The molecule has 0 saturated carbocycles. The summed E-state index contributed by atoms with van der Waals surface area (Å²) in [6.07, 6.45) is 0. The van der Waals surface area contributed by atoms with Crippen LogP contribution < -0.4 is 4.72 Å². The van der Waals surface area contributed by atoms with Gasteiger partial charge >= 0.3 is 0 Å². The highest BCUT2D eigenvalue weighted by atomic mass is 35.5. The molecule has 6 heteroatoms. The van der Waals surface area contributed by atoms with Gasteiger partial charge in [0.15, 0.2) is 0 Å². The molecule has 2 aromatic rings. The monoisotopic (exact) mass is 327 g/mol. The Kier molecular flexibility index (Phi) is 4.66. The van der Waals surface area contributed by atoms with Crippen molar-refractivity contribution in [2.45, 2.75) is 17.4 Å². The van der Waals surface area contributed by atoms with Crippen LogP contribution in [0, 0.1) is 5.82 Å². The van der Waals surface area contributed by atoms with Crippen molar-refractivity contribution in [1.29, 1.82) is 0 Å². The van der Waals surface area contributed by atoms with Gasteiger partial charge in [0.05, 0.1) is 10.4 Å². The van der Waals surface area contributed by atoms with Gasteiger partial charge in [-0.1, -0.05) is 36.4 Å². The third-order valence-corrected chi connectivity index (χ3v) is 5.27. The minimum atomic E-state index is -3.88. The molecule has 1 N–H and O–H groups in total. The van der Waals surface area contributed by atoms with Crippen LogP contribution >= 0.6 is 11.6 Å². The van der Waals surface area contributed by atoms with Crippen LogP contribution in [-0.4, -0.2) is 14.3 Å². The van der Waals surface area contributed by atoms with E-state index < -0.39 is 21.4 Å². The summed E-state index contributed by atoms with van der Waals surface area (Å²) < 4.78 is 40.6. The van der Waals surface area contributed by atoms with Crippen LogP contribution in [0.25, 0.3) is 0 Å². The highest BCUT2D eigenvalue weighted by molar-refractivity contribution is 7.89. The number of alkyl halides is 1. The van der Waals surface area contributed by atoms with E-state index in [1.165, 1.54) is 18.2 Å². The lowest BCUT2D eigenvalue weighted by Crippen LogP contribution is -2.44. The average Bonchev–Trinajstić information content (AvgIpc) is 2.47. The molecular formula is C15H15ClFNO2S. The maximum atomic E-state index is 13.2. The van der Waals surface area contributed by atoms with E-state index in [1.807, 2.05) is 6.07 Å². The Morgan fingerprint density at radius 2 is 1.81 bits per heavy atom. The molecule has 0 aliphatic heterocycles. The van der Waals surface area contributed by atoms with Crippen LogP contribution in [0.2, 0.25) is 0 Å². The minimum absolute atomic E-state index is 0.0472. The van der Waals surface area contributed by atoms with E-state index >= 15 is 0 Å².